The normalized spacial score (nSPS) is 28.5. The first-order valence-corrected chi connectivity index (χ1v) is 7.05. The topological polar surface area (TPSA) is 77.8 Å². The molecule has 15 heavy (non-hydrogen) atoms. The molecule has 0 aromatic carbocycles. The lowest BCUT2D eigenvalue weighted by molar-refractivity contribution is 0.0572. The second-order valence-corrected chi connectivity index (χ2v) is 6.35. The van der Waals surface area contributed by atoms with Gasteiger partial charge in [-0.1, -0.05) is 6.92 Å². The minimum atomic E-state index is -2.96. The van der Waals surface area contributed by atoms with Gasteiger partial charge in [-0.2, -0.15) is 0 Å². The second-order valence-electron chi connectivity index (χ2n) is 4.05. The Morgan fingerprint density at radius 2 is 1.73 bits per heavy atom. The average Bonchev–Trinajstić information content (AvgIpc) is 2.44. The molecule has 1 rings (SSSR count). The predicted octanol–water partition coefficient (Wildman–Crippen LogP) is -1.15. The summed E-state index contributed by atoms with van der Waals surface area (Å²) in [5.41, 5.74) is 0. The molecular formula is C9H19NO4S. The van der Waals surface area contributed by atoms with E-state index < -0.39 is 22.0 Å². The lowest BCUT2D eigenvalue weighted by Crippen LogP contribution is -2.29. The van der Waals surface area contributed by atoms with Gasteiger partial charge in [0, 0.05) is 25.4 Å². The van der Waals surface area contributed by atoms with Gasteiger partial charge in [0.25, 0.3) is 0 Å². The number of β-amino-alcohol motifs (C(OH)–C–C–N with tert-alkyl or cyclic N) is 2. The third kappa shape index (κ3) is 4.06. The fourth-order valence-electron chi connectivity index (χ4n) is 1.71. The summed E-state index contributed by atoms with van der Waals surface area (Å²) < 4.78 is 22.8. The molecule has 2 N–H and O–H groups in total. The van der Waals surface area contributed by atoms with Crippen LogP contribution in [0.5, 0.6) is 0 Å². The van der Waals surface area contributed by atoms with Crippen molar-refractivity contribution in [3.05, 3.63) is 0 Å². The first-order valence-electron chi connectivity index (χ1n) is 5.23. The van der Waals surface area contributed by atoms with Gasteiger partial charge < -0.3 is 10.2 Å². The number of nitrogens with zero attached hydrogens (tertiary/aromatic N) is 1. The van der Waals surface area contributed by atoms with Crippen LogP contribution in [0.3, 0.4) is 0 Å². The van der Waals surface area contributed by atoms with Gasteiger partial charge in [-0.3, -0.25) is 4.90 Å². The Hall–Kier alpha value is -0.170. The summed E-state index contributed by atoms with van der Waals surface area (Å²) in [6.45, 7) is 2.96. The summed E-state index contributed by atoms with van der Waals surface area (Å²) in [6.07, 6.45) is -0.842. The maximum absolute atomic E-state index is 11.4. The SMILES string of the molecule is CCCS(=O)(=O)CCN1C[C@@H](O)[C@@H](O)C1. The van der Waals surface area contributed by atoms with Gasteiger partial charge in [-0.15, -0.1) is 0 Å². The lowest BCUT2D eigenvalue weighted by Gasteiger charge is -2.14. The van der Waals surface area contributed by atoms with Crippen LogP contribution in [0.4, 0.5) is 0 Å². The molecule has 1 heterocycles. The van der Waals surface area contributed by atoms with Crippen LogP contribution >= 0.6 is 0 Å². The summed E-state index contributed by atoms with van der Waals surface area (Å²) in [7, 11) is -2.96. The first kappa shape index (κ1) is 12.9. The molecule has 0 amide bonds. The Balaban J connectivity index is 2.33. The van der Waals surface area contributed by atoms with E-state index in [0.717, 1.165) is 0 Å². The van der Waals surface area contributed by atoms with Crippen molar-refractivity contribution in [2.45, 2.75) is 25.6 Å². The van der Waals surface area contributed by atoms with E-state index in [1.807, 2.05) is 6.92 Å². The van der Waals surface area contributed by atoms with Crippen LogP contribution in [0.15, 0.2) is 0 Å². The standard InChI is InChI=1S/C9H19NO4S/c1-2-4-15(13,14)5-3-10-6-8(11)9(12)7-10/h8-9,11-12H,2-7H2,1H3/t8-,9+. The molecular weight excluding hydrogens is 218 g/mol. The average molecular weight is 237 g/mol. The molecule has 0 aromatic rings. The highest BCUT2D eigenvalue weighted by Crippen LogP contribution is 2.09. The zero-order valence-electron chi connectivity index (χ0n) is 8.96. The zero-order chi connectivity index (χ0) is 11.5. The van der Waals surface area contributed by atoms with Crippen molar-refractivity contribution in [1.82, 2.24) is 4.90 Å². The first-order chi connectivity index (χ1) is 6.94. The molecule has 6 heteroatoms. The number of aliphatic hydroxyl groups excluding tert-OH is 2. The fourth-order valence-corrected chi connectivity index (χ4v) is 3.07. The van der Waals surface area contributed by atoms with Crippen LogP contribution in [-0.2, 0) is 9.84 Å². The van der Waals surface area contributed by atoms with Crippen molar-refractivity contribution in [1.29, 1.82) is 0 Å². The minimum absolute atomic E-state index is 0.111. The third-order valence-electron chi connectivity index (χ3n) is 2.57. The Kier molecular flexibility index (Phi) is 4.51. The second kappa shape index (κ2) is 5.25. The summed E-state index contributed by atoms with van der Waals surface area (Å²) in [6, 6.07) is 0. The molecule has 0 spiro atoms. The van der Waals surface area contributed by atoms with Gasteiger partial charge in [0.15, 0.2) is 9.84 Å². The molecule has 5 nitrogen and oxygen atoms in total. The summed E-state index contributed by atoms with van der Waals surface area (Å²) in [4.78, 5) is 1.78. The highest BCUT2D eigenvalue weighted by atomic mass is 32.2. The van der Waals surface area contributed by atoms with E-state index in [0.29, 0.717) is 26.1 Å². The Bertz CT molecular complexity index is 280. The van der Waals surface area contributed by atoms with Gasteiger partial charge in [0.2, 0.25) is 0 Å². The van der Waals surface area contributed by atoms with Crippen LogP contribution < -0.4 is 0 Å². The number of hydrogen-bond donors (Lipinski definition) is 2. The molecule has 1 aliphatic heterocycles. The van der Waals surface area contributed by atoms with Crippen molar-refractivity contribution < 1.29 is 18.6 Å². The molecule has 0 bridgehead atoms. The molecule has 2 atom stereocenters. The van der Waals surface area contributed by atoms with Crippen LogP contribution in [-0.4, -0.2) is 66.9 Å². The van der Waals surface area contributed by atoms with Gasteiger partial charge in [0.05, 0.1) is 18.0 Å². The quantitative estimate of drug-likeness (QED) is 0.631. The summed E-state index contributed by atoms with van der Waals surface area (Å²) >= 11 is 0. The highest BCUT2D eigenvalue weighted by Gasteiger charge is 2.29. The van der Waals surface area contributed by atoms with Crippen molar-refractivity contribution in [3.8, 4) is 0 Å². The monoisotopic (exact) mass is 237 g/mol. The summed E-state index contributed by atoms with van der Waals surface area (Å²) in [5, 5.41) is 18.5. The van der Waals surface area contributed by atoms with Gasteiger partial charge >= 0.3 is 0 Å². The highest BCUT2D eigenvalue weighted by molar-refractivity contribution is 7.91. The van der Waals surface area contributed by atoms with E-state index in [1.54, 1.807) is 4.90 Å². The molecule has 1 fully saturated rings. The third-order valence-corrected chi connectivity index (χ3v) is 4.40. The van der Waals surface area contributed by atoms with Crippen molar-refractivity contribution in [2.24, 2.45) is 0 Å². The Morgan fingerprint density at radius 3 is 2.20 bits per heavy atom. The number of aliphatic hydroxyl groups is 2. The van der Waals surface area contributed by atoms with E-state index in [2.05, 4.69) is 0 Å². The predicted molar refractivity (Wildman–Crippen MR) is 57.4 cm³/mol. The molecule has 90 valence electrons. The molecule has 0 unspecified atom stereocenters. The lowest BCUT2D eigenvalue weighted by atomic mass is 10.3. The van der Waals surface area contributed by atoms with Crippen LogP contribution in [0.25, 0.3) is 0 Å². The molecule has 1 aliphatic rings. The van der Waals surface area contributed by atoms with Crippen LogP contribution in [0, 0.1) is 0 Å². The summed E-state index contributed by atoms with van der Waals surface area (Å²) in [5.74, 6) is 0.326. The number of sulfone groups is 1. The Labute approximate surface area is 90.6 Å². The van der Waals surface area contributed by atoms with E-state index in [9.17, 15) is 18.6 Å². The van der Waals surface area contributed by atoms with E-state index in [-0.39, 0.29) is 11.5 Å². The Morgan fingerprint density at radius 1 is 1.20 bits per heavy atom. The van der Waals surface area contributed by atoms with E-state index in [4.69, 9.17) is 0 Å². The largest absolute Gasteiger partial charge is 0.389 e. The molecule has 0 radical (unpaired) electrons. The molecule has 0 aromatic heterocycles. The fraction of sp³-hybridized carbons (Fsp3) is 1.00. The van der Waals surface area contributed by atoms with Gasteiger partial charge in [-0.25, -0.2) is 8.42 Å². The van der Waals surface area contributed by atoms with Crippen LogP contribution in [0.1, 0.15) is 13.3 Å². The van der Waals surface area contributed by atoms with E-state index >= 15 is 0 Å². The molecule has 0 saturated carbocycles. The smallest absolute Gasteiger partial charge is 0.151 e. The van der Waals surface area contributed by atoms with Gasteiger partial charge in [-0.05, 0) is 6.42 Å². The van der Waals surface area contributed by atoms with Crippen LogP contribution in [0.2, 0.25) is 0 Å². The maximum Gasteiger partial charge on any atom is 0.151 e. The van der Waals surface area contributed by atoms with Gasteiger partial charge in [0.1, 0.15) is 0 Å². The van der Waals surface area contributed by atoms with E-state index in [1.165, 1.54) is 0 Å². The molecule has 1 saturated heterocycles. The number of likely N-dealkylation sites (tertiary alicyclic amines) is 1. The molecule has 0 aliphatic carbocycles. The van der Waals surface area contributed by atoms with Crippen molar-refractivity contribution in [2.75, 3.05) is 31.1 Å². The zero-order valence-corrected chi connectivity index (χ0v) is 9.78. The van der Waals surface area contributed by atoms with Crippen molar-refractivity contribution >= 4 is 9.84 Å². The number of hydrogen-bond acceptors (Lipinski definition) is 5. The maximum atomic E-state index is 11.4. The van der Waals surface area contributed by atoms with Crippen molar-refractivity contribution in [3.63, 3.8) is 0 Å². The minimum Gasteiger partial charge on any atom is -0.389 e. The number of rotatable bonds is 5.